The first-order chi connectivity index (χ1) is 9.37. The maximum absolute atomic E-state index is 9.79. The molecule has 0 amide bonds. The monoisotopic (exact) mass is 301 g/mol. The molecule has 1 heterocycles. The highest BCUT2D eigenvalue weighted by Gasteiger charge is 1.99. The van der Waals surface area contributed by atoms with Crippen LogP contribution in [0.25, 0.3) is 5.41 Å². The van der Waals surface area contributed by atoms with E-state index in [0.29, 0.717) is 0 Å². The second-order valence-corrected chi connectivity index (χ2v) is 3.82. The van der Waals surface area contributed by atoms with Crippen molar-refractivity contribution in [3.63, 3.8) is 0 Å². The average Bonchev–Trinajstić information content (AvgIpc) is 2.76. The lowest BCUT2D eigenvalue weighted by Crippen LogP contribution is -2.23. The number of carboxylic acid groups (broad SMARTS) is 2. The second-order valence-electron chi connectivity index (χ2n) is 3.64. The van der Waals surface area contributed by atoms with E-state index in [1.165, 1.54) is 5.16 Å². The lowest BCUT2D eigenvalue weighted by molar-refractivity contribution is -0.671. The maximum atomic E-state index is 9.79. The lowest BCUT2D eigenvalue weighted by atomic mass is 10.2. The molecule has 20 heavy (non-hydrogen) atoms. The van der Waals surface area contributed by atoms with E-state index >= 15 is 0 Å². The number of nitrogens with zero attached hydrogens (tertiary/aromatic N) is 3. The van der Waals surface area contributed by atoms with E-state index in [2.05, 4.69) is 36.2 Å². The van der Waals surface area contributed by atoms with Crippen molar-refractivity contribution in [2.45, 2.75) is 32.7 Å². The van der Waals surface area contributed by atoms with Gasteiger partial charge in [0, 0.05) is 12.8 Å². The van der Waals surface area contributed by atoms with Crippen LogP contribution in [0.5, 0.6) is 0 Å². The van der Waals surface area contributed by atoms with Crippen molar-refractivity contribution >= 4 is 29.3 Å². The SMILES string of the molecule is CCn1cc[n+](C)c1.O=C(O)CCCC(=O)O.[N-]=C=S. The summed E-state index contributed by atoms with van der Waals surface area (Å²) in [7, 11) is 2.02. The Bertz CT molecular complexity index is 426. The van der Waals surface area contributed by atoms with Crippen molar-refractivity contribution in [2.24, 2.45) is 7.05 Å². The summed E-state index contributed by atoms with van der Waals surface area (Å²) in [5.74, 6) is -1.90. The van der Waals surface area contributed by atoms with Crippen LogP contribution in [0.4, 0.5) is 0 Å². The van der Waals surface area contributed by atoms with Crippen LogP contribution >= 0.6 is 12.2 Å². The number of carboxylic acids is 2. The molecule has 2 N–H and O–H groups in total. The maximum Gasteiger partial charge on any atom is 0.303 e. The highest BCUT2D eigenvalue weighted by molar-refractivity contribution is 7.78. The van der Waals surface area contributed by atoms with Gasteiger partial charge in [0.05, 0.1) is 13.6 Å². The van der Waals surface area contributed by atoms with Crippen molar-refractivity contribution in [2.75, 3.05) is 0 Å². The van der Waals surface area contributed by atoms with E-state index in [-0.39, 0.29) is 19.3 Å². The molecule has 0 fully saturated rings. The number of isothiocyanates is 1. The van der Waals surface area contributed by atoms with Crippen molar-refractivity contribution in [1.82, 2.24) is 4.57 Å². The first-order valence-electron chi connectivity index (χ1n) is 5.83. The Morgan fingerprint density at radius 3 is 2.00 bits per heavy atom. The van der Waals surface area contributed by atoms with Gasteiger partial charge in [0.2, 0.25) is 6.33 Å². The number of aliphatic carboxylic acids is 2. The molecule has 0 saturated heterocycles. The van der Waals surface area contributed by atoms with Gasteiger partial charge >= 0.3 is 11.9 Å². The third-order valence-electron chi connectivity index (χ3n) is 1.97. The fraction of sp³-hybridized carbons (Fsp3) is 0.500. The summed E-state index contributed by atoms with van der Waals surface area (Å²) >= 11 is 3.70. The highest BCUT2D eigenvalue weighted by atomic mass is 32.1. The molecule has 0 radical (unpaired) electrons. The molecule has 0 saturated carbocycles. The smallest absolute Gasteiger partial charge is 0.303 e. The topological polar surface area (TPSA) is 106 Å². The van der Waals surface area contributed by atoms with Gasteiger partial charge in [-0.15, -0.1) is 0 Å². The number of carbonyl (C=O) groups is 2. The predicted octanol–water partition coefficient (Wildman–Crippen LogP) is 1.32. The first-order valence-corrected chi connectivity index (χ1v) is 6.24. The number of imidazole rings is 1. The van der Waals surface area contributed by atoms with Gasteiger partial charge in [0.1, 0.15) is 12.4 Å². The molecule has 0 aliphatic rings. The van der Waals surface area contributed by atoms with Crippen molar-refractivity contribution in [3.05, 3.63) is 24.1 Å². The Hall–Kier alpha value is -2.05. The van der Waals surface area contributed by atoms with Crippen LogP contribution < -0.4 is 4.57 Å². The van der Waals surface area contributed by atoms with Gasteiger partial charge < -0.3 is 15.6 Å². The first kappa shape index (κ1) is 20.3. The minimum absolute atomic E-state index is 0.0632. The fourth-order valence-electron chi connectivity index (χ4n) is 1.08. The number of aromatic nitrogens is 2. The lowest BCUT2D eigenvalue weighted by Gasteiger charge is -1.89. The van der Waals surface area contributed by atoms with Gasteiger partial charge in [0.25, 0.3) is 0 Å². The zero-order valence-electron chi connectivity index (χ0n) is 11.5. The second kappa shape index (κ2) is 13.4. The standard InChI is InChI=1S/C6H11N2.C5H8O4.CNS/c1-3-8-5-4-7(2)6-8;6-4(7)2-1-3-5(8)9;2-1-3/h4-6H,3H2,1-2H3;1-3H2,(H,6,7)(H,8,9);/q+1;;-1. The fourth-order valence-corrected chi connectivity index (χ4v) is 1.08. The van der Waals surface area contributed by atoms with Gasteiger partial charge in [0.15, 0.2) is 0 Å². The van der Waals surface area contributed by atoms with Gasteiger partial charge in [-0.25, -0.2) is 9.13 Å². The number of hydrogen-bond donors (Lipinski definition) is 2. The Kier molecular flexibility index (Phi) is 13.6. The summed E-state index contributed by atoms with van der Waals surface area (Å²) in [6, 6.07) is 0. The molecule has 0 aliphatic carbocycles. The molecule has 0 bridgehead atoms. The summed E-state index contributed by atoms with van der Waals surface area (Å²) < 4.78 is 4.16. The van der Waals surface area contributed by atoms with E-state index in [1.807, 2.05) is 17.8 Å². The third-order valence-corrected chi connectivity index (χ3v) is 1.97. The van der Waals surface area contributed by atoms with Crippen molar-refractivity contribution in [3.8, 4) is 0 Å². The van der Waals surface area contributed by atoms with Crippen LogP contribution in [0.15, 0.2) is 18.7 Å². The van der Waals surface area contributed by atoms with Crippen LogP contribution in [0, 0.1) is 0 Å². The molecular weight excluding hydrogens is 282 g/mol. The predicted molar refractivity (Wildman–Crippen MR) is 76.4 cm³/mol. The molecule has 0 aliphatic heterocycles. The normalized spacial score (nSPS) is 8.30. The molecule has 7 nitrogen and oxygen atoms in total. The molecule has 0 unspecified atom stereocenters. The minimum atomic E-state index is -0.948. The van der Waals surface area contributed by atoms with Crippen molar-refractivity contribution in [1.29, 1.82) is 0 Å². The summed E-state index contributed by atoms with van der Waals surface area (Å²) in [6.07, 6.45) is 6.23. The van der Waals surface area contributed by atoms with E-state index in [9.17, 15) is 9.59 Å². The third kappa shape index (κ3) is 16.0. The number of hydrogen-bond acceptors (Lipinski definition) is 3. The van der Waals surface area contributed by atoms with Crippen LogP contribution in [0.3, 0.4) is 0 Å². The number of thiocarbonyl (C=S) groups is 1. The molecule has 0 atom stereocenters. The van der Waals surface area contributed by atoms with E-state index in [1.54, 1.807) is 0 Å². The Balaban J connectivity index is 0. The number of aryl methyl sites for hydroxylation is 2. The molecule has 112 valence electrons. The molecule has 0 aromatic carbocycles. The molecule has 0 spiro atoms. The Morgan fingerprint density at radius 2 is 1.80 bits per heavy atom. The zero-order chi connectivity index (χ0) is 16.0. The van der Waals surface area contributed by atoms with Gasteiger partial charge in [-0.05, 0) is 13.3 Å². The molecule has 1 aromatic rings. The molecule has 1 rings (SSSR count). The van der Waals surface area contributed by atoms with E-state index in [4.69, 9.17) is 15.6 Å². The summed E-state index contributed by atoms with van der Waals surface area (Å²) in [4.78, 5) is 19.6. The van der Waals surface area contributed by atoms with Crippen LogP contribution in [-0.2, 0) is 23.2 Å². The van der Waals surface area contributed by atoms with Gasteiger partial charge in [-0.2, -0.15) is 5.16 Å². The van der Waals surface area contributed by atoms with Crippen LogP contribution in [0.2, 0.25) is 0 Å². The molecule has 1 aromatic heterocycles. The highest BCUT2D eigenvalue weighted by Crippen LogP contribution is 1.93. The van der Waals surface area contributed by atoms with Crippen LogP contribution in [-0.4, -0.2) is 31.9 Å². The Morgan fingerprint density at radius 1 is 1.35 bits per heavy atom. The molecule has 8 heteroatoms. The summed E-state index contributed by atoms with van der Waals surface area (Å²) in [5.41, 5.74) is 0. The van der Waals surface area contributed by atoms with Crippen molar-refractivity contribution < 1.29 is 24.4 Å². The largest absolute Gasteiger partial charge is 0.753 e. The van der Waals surface area contributed by atoms with Crippen LogP contribution in [0.1, 0.15) is 26.2 Å². The van der Waals surface area contributed by atoms with Gasteiger partial charge in [-0.1, -0.05) is 12.2 Å². The Labute approximate surface area is 123 Å². The summed E-state index contributed by atoms with van der Waals surface area (Å²) in [5, 5.41) is 24.5. The summed E-state index contributed by atoms with van der Waals surface area (Å²) in [6.45, 7) is 3.18. The number of rotatable bonds is 5. The molecular formula is C12H19N3O4S. The average molecular weight is 301 g/mol. The van der Waals surface area contributed by atoms with Gasteiger partial charge in [-0.3, -0.25) is 9.59 Å². The minimum Gasteiger partial charge on any atom is -0.753 e. The van der Waals surface area contributed by atoms with E-state index in [0.717, 1.165) is 6.54 Å². The quantitative estimate of drug-likeness (QED) is 0.484. The van der Waals surface area contributed by atoms with E-state index < -0.39 is 11.9 Å². The zero-order valence-corrected chi connectivity index (χ0v) is 12.3.